The molecule has 0 saturated heterocycles. The highest BCUT2D eigenvalue weighted by Crippen LogP contribution is 2.38. The highest BCUT2D eigenvalue weighted by atomic mass is 16.3. The highest BCUT2D eigenvalue weighted by molar-refractivity contribution is 6.06. The lowest BCUT2D eigenvalue weighted by molar-refractivity contribution is -0.131. The zero-order valence-corrected chi connectivity index (χ0v) is 20.0. The van der Waals surface area contributed by atoms with E-state index in [1.807, 2.05) is 36.8 Å². The second-order valence-corrected chi connectivity index (χ2v) is 9.89. The van der Waals surface area contributed by atoms with Crippen molar-refractivity contribution in [3.63, 3.8) is 0 Å². The van der Waals surface area contributed by atoms with Gasteiger partial charge in [-0.15, -0.1) is 0 Å². The van der Waals surface area contributed by atoms with Gasteiger partial charge in [0.2, 0.25) is 11.9 Å². The fourth-order valence-corrected chi connectivity index (χ4v) is 5.51. The summed E-state index contributed by atoms with van der Waals surface area (Å²) < 4.78 is 2.34. The van der Waals surface area contributed by atoms with Crippen LogP contribution in [0, 0.1) is 5.92 Å². The molecular weight excluding hydrogens is 442 g/mol. The number of carbonyl (C=O) groups excluding carboxylic acids is 1. The van der Waals surface area contributed by atoms with Crippen LogP contribution in [0.3, 0.4) is 0 Å². The first-order valence-corrected chi connectivity index (χ1v) is 12.3. The molecule has 0 spiro atoms. The molecule has 1 atom stereocenters. The van der Waals surface area contributed by atoms with Crippen LogP contribution >= 0.6 is 0 Å². The lowest BCUT2D eigenvalue weighted by Gasteiger charge is -2.30. The van der Waals surface area contributed by atoms with Gasteiger partial charge in [-0.25, -0.2) is 9.97 Å². The maximum absolute atomic E-state index is 11.8. The SMILES string of the molecule is CC(=O)N1Cc2ccc(Nc3ncc4c5ccncc5n([C@H]5CC[C@H](C)CC5)c4n3)nc2[C@H](O)C1. The van der Waals surface area contributed by atoms with Crippen molar-refractivity contribution in [2.75, 3.05) is 11.9 Å². The van der Waals surface area contributed by atoms with Crippen molar-refractivity contribution in [2.45, 2.75) is 58.2 Å². The smallest absolute Gasteiger partial charge is 0.230 e. The maximum Gasteiger partial charge on any atom is 0.230 e. The van der Waals surface area contributed by atoms with Crippen LogP contribution in [0.2, 0.25) is 0 Å². The van der Waals surface area contributed by atoms with E-state index < -0.39 is 6.10 Å². The van der Waals surface area contributed by atoms with E-state index in [1.54, 1.807) is 4.90 Å². The lowest BCUT2D eigenvalue weighted by Crippen LogP contribution is -2.37. The number of carbonyl (C=O) groups is 1. The number of rotatable bonds is 3. The summed E-state index contributed by atoms with van der Waals surface area (Å²) in [6, 6.07) is 6.16. The summed E-state index contributed by atoms with van der Waals surface area (Å²) in [6.45, 7) is 4.53. The molecule has 1 aliphatic heterocycles. The summed E-state index contributed by atoms with van der Waals surface area (Å²) in [5.41, 5.74) is 3.43. The minimum absolute atomic E-state index is 0.0587. The first kappa shape index (κ1) is 21.9. The first-order chi connectivity index (χ1) is 17.0. The molecule has 6 rings (SSSR count). The van der Waals surface area contributed by atoms with Crippen molar-refractivity contribution >= 4 is 39.6 Å². The Morgan fingerprint density at radius 1 is 1.09 bits per heavy atom. The predicted octanol–water partition coefficient (Wildman–Crippen LogP) is 4.26. The number of aliphatic hydroxyl groups excluding tert-OH is 1. The van der Waals surface area contributed by atoms with Gasteiger partial charge in [-0.3, -0.25) is 9.78 Å². The van der Waals surface area contributed by atoms with E-state index in [9.17, 15) is 9.90 Å². The summed E-state index contributed by atoms with van der Waals surface area (Å²) in [5.74, 6) is 1.73. The van der Waals surface area contributed by atoms with Crippen LogP contribution in [0.25, 0.3) is 21.9 Å². The van der Waals surface area contributed by atoms with Gasteiger partial charge in [-0.05, 0) is 49.3 Å². The number of pyridine rings is 2. The Hall–Kier alpha value is -3.59. The molecule has 9 nitrogen and oxygen atoms in total. The van der Waals surface area contributed by atoms with Gasteiger partial charge >= 0.3 is 0 Å². The number of nitrogens with zero attached hydrogens (tertiary/aromatic N) is 6. The fraction of sp³-hybridized carbons (Fsp3) is 0.423. The molecule has 0 unspecified atom stereocenters. The first-order valence-electron chi connectivity index (χ1n) is 12.3. The molecule has 9 heteroatoms. The Kier molecular flexibility index (Phi) is 5.36. The Morgan fingerprint density at radius 3 is 2.71 bits per heavy atom. The van der Waals surface area contributed by atoms with Gasteiger partial charge in [-0.2, -0.15) is 4.98 Å². The quantitative estimate of drug-likeness (QED) is 0.459. The van der Waals surface area contributed by atoms with Crippen LogP contribution in [-0.4, -0.2) is 47.0 Å². The molecule has 5 heterocycles. The Balaban J connectivity index is 1.36. The van der Waals surface area contributed by atoms with E-state index in [-0.39, 0.29) is 12.5 Å². The number of nitrogens with one attached hydrogen (secondary N) is 1. The summed E-state index contributed by atoms with van der Waals surface area (Å²) in [6.07, 6.45) is 9.47. The normalized spacial score (nSPS) is 22.4. The van der Waals surface area contributed by atoms with E-state index >= 15 is 0 Å². The topological polar surface area (TPSA) is 109 Å². The van der Waals surface area contributed by atoms with Crippen LogP contribution in [0.15, 0.2) is 36.8 Å². The zero-order valence-electron chi connectivity index (χ0n) is 20.0. The molecule has 1 amide bonds. The van der Waals surface area contributed by atoms with Crippen molar-refractivity contribution < 1.29 is 9.90 Å². The van der Waals surface area contributed by atoms with Crippen LogP contribution in [0.5, 0.6) is 0 Å². The second kappa shape index (κ2) is 8.57. The molecule has 4 aromatic heterocycles. The second-order valence-electron chi connectivity index (χ2n) is 9.89. The number of aromatic nitrogens is 5. The predicted molar refractivity (Wildman–Crippen MR) is 133 cm³/mol. The van der Waals surface area contributed by atoms with Crippen LogP contribution in [0.4, 0.5) is 11.8 Å². The molecule has 35 heavy (non-hydrogen) atoms. The third-order valence-corrected chi connectivity index (χ3v) is 7.46. The Morgan fingerprint density at radius 2 is 1.91 bits per heavy atom. The highest BCUT2D eigenvalue weighted by Gasteiger charge is 2.27. The van der Waals surface area contributed by atoms with Crippen molar-refractivity contribution in [1.82, 2.24) is 29.4 Å². The third-order valence-electron chi connectivity index (χ3n) is 7.46. The summed E-state index contributed by atoms with van der Waals surface area (Å²) in [5, 5.41) is 15.9. The molecule has 180 valence electrons. The minimum Gasteiger partial charge on any atom is -0.385 e. The average Bonchev–Trinajstić information content (AvgIpc) is 3.18. The molecule has 0 aromatic carbocycles. The Labute approximate surface area is 203 Å². The van der Waals surface area contributed by atoms with Crippen LogP contribution in [0.1, 0.15) is 62.9 Å². The number of anilines is 2. The molecule has 1 fully saturated rings. The van der Waals surface area contributed by atoms with Gasteiger partial charge in [0, 0.05) is 42.7 Å². The van der Waals surface area contributed by atoms with Gasteiger partial charge < -0.3 is 19.9 Å². The van der Waals surface area contributed by atoms with Crippen LogP contribution < -0.4 is 5.32 Å². The van der Waals surface area contributed by atoms with Crippen molar-refractivity contribution in [1.29, 1.82) is 0 Å². The molecule has 2 N–H and O–H groups in total. The van der Waals surface area contributed by atoms with E-state index in [1.165, 1.54) is 19.8 Å². The van der Waals surface area contributed by atoms with Crippen molar-refractivity contribution in [3.8, 4) is 0 Å². The van der Waals surface area contributed by atoms with Crippen molar-refractivity contribution in [2.24, 2.45) is 5.92 Å². The number of aliphatic hydroxyl groups is 1. The fourth-order valence-electron chi connectivity index (χ4n) is 5.51. The molecule has 0 radical (unpaired) electrons. The van der Waals surface area contributed by atoms with Gasteiger partial charge in [0.15, 0.2) is 0 Å². The molecule has 4 aromatic rings. The van der Waals surface area contributed by atoms with Gasteiger partial charge in [0.1, 0.15) is 17.6 Å². The average molecular weight is 472 g/mol. The monoisotopic (exact) mass is 471 g/mol. The van der Waals surface area contributed by atoms with E-state index in [4.69, 9.17) is 4.98 Å². The largest absolute Gasteiger partial charge is 0.385 e. The summed E-state index contributed by atoms with van der Waals surface area (Å²) in [7, 11) is 0. The number of amides is 1. The van der Waals surface area contributed by atoms with Gasteiger partial charge in [0.05, 0.1) is 24.0 Å². The molecule has 2 aliphatic rings. The third kappa shape index (κ3) is 3.89. The van der Waals surface area contributed by atoms with Crippen molar-refractivity contribution in [3.05, 3.63) is 48.0 Å². The number of fused-ring (bicyclic) bond motifs is 4. The minimum atomic E-state index is -0.823. The maximum atomic E-state index is 11.8. The van der Waals surface area contributed by atoms with Gasteiger partial charge in [0.25, 0.3) is 0 Å². The summed E-state index contributed by atoms with van der Waals surface area (Å²) >= 11 is 0. The van der Waals surface area contributed by atoms with E-state index in [0.29, 0.717) is 30.0 Å². The summed E-state index contributed by atoms with van der Waals surface area (Å²) in [4.78, 5) is 31.9. The molecule has 1 aliphatic carbocycles. The van der Waals surface area contributed by atoms with Crippen LogP contribution in [-0.2, 0) is 11.3 Å². The number of hydrogen-bond donors (Lipinski definition) is 2. The molecule has 0 bridgehead atoms. The standard InChI is InChI=1S/C26H29N7O2/c1-15-3-6-18(7-4-15)33-21-12-27-10-9-19(21)20-11-28-26(31-25(20)33)30-23-8-5-17-13-32(16(2)34)14-22(35)24(17)29-23/h5,8-12,15,18,22,35H,3-4,6-7,13-14H2,1-2H3,(H,28,29,30,31)/t15-,18-,22-/m1/s1. The number of β-amino-alcohol motifs (C(OH)–C–C–N with tert-alkyl or cyclic N) is 1. The van der Waals surface area contributed by atoms with E-state index in [2.05, 4.69) is 31.8 Å². The zero-order chi connectivity index (χ0) is 24.1. The van der Waals surface area contributed by atoms with Gasteiger partial charge in [-0.1, -0.05) is 13.0 Å². The van der Waals surface area contributed by atoms with E-state index in [0.717, 1.165) is 46.3 Å². The molecule has 1 saturated carbocycles. The molecular formula is C26H29N7O2. The number of hydrogen-bond acceptors (Lipinski definition) is 7. The lowest BCUT2D eigenvalue weighted by atomic mass is 9.87. The Bertz CT molecular complexity index is 1420.